The van der Waals surface area contributed by atoms with Crippen molar-refractivity contribution in [3.05, 3.63) is 114 Å². The lowest BCUT2D eigenvalue weighted by Crippen LogP contribution is -2.48. The average molecular weight is 802 g/mol. The van der Waals surface area contributed by atoms with Crippen LogP contribution in [0.4, 0.5) is 5.69 Å². The number of hydrogen-bond donors (Lipinski definition) is 3. The molecule has 3 aromatic heterocycles. The van der Waals surface area contributed by atoms with E-state index in [9.17, 15) is 19.8 Å². The first-order valence-electron chi connectivity index (χ1n) is 19.3. The zero-order valence-corrected chi connectivity index (χ0v) is 33.9. The number of nitrogens with zero attached hydrogens (tertiary/aromatic N) is 6. The number of carbonyl (C=O) groups is 2. The number of likely N-dealkylation sites (tertiary alicyclic amines) is 1. The van der Waals surface area contributed by atoms with Crippen molar-refractivity contribution >= 4 is 28.8 Å². The Kier molecular flexibility index (Phi) is 12.1. The second-order valence-electron chi connectivity index (χ2n) is 15.0. The third-order valence-electron chi connectivity index (χ3n) is 10.5. The van der Waals surface area contributed by atoms with Gasteiger partial charge in [0.05, 0.1) is 46.7 Å². The first kappa shape index (κ1) is 40.1. The van der Waals surface area contributed by atoms with Gasteiger partial charge >= 0.3 is 0 Å². The van der Waals surface area contributed by atoms with E-state index >= 15 is 0 Å². The highest BCUT2D eigenvalue weighted by molar-refractivity contribution is 7.13. The monoisotopic (exact) mass is 801 g/mol. The number of aliphatic hydroxyl groups excluding tert-OH is 1. The Bertz CT molecular complexity index is 2350. The van der Waals surface area contributed by atoms with Crippen LogP contribution in [-0.4, -0.2) is 86.2 Å². The molecule has 0 bridgehead atoms. The van der Waals surface area contributed by atoms with Crippen LogP contribution < -0.4 is 15.0 Å². The molecule has 0 radical (unpaired) electrons. The lowest BCUT2D eigenvalue weighted by molar-refractivity contribution is -0.141. The van der Waals surface area contributed by atoms with Crippen molar-refractivity contribution in [2.75, 3.05) is 31.6 Å². The van der Waals surface area contributed by atoms with Gasteiger partial charge in [-0.1, -0.05) is 62.4 Å². The van der Waals surface area contributed by atoms with Crippen LogP contribution in [-0.2, 0) is 9.59 Å². The largest absolute Gasteiger partial charge is 0.507 e. The number of aliphatic hydroxyl groups is 1. The fraction of sp³-hybridized carbons (Fsp3) is 0.318. The summed E-state index contributed by atoms with van der Waals surface area (Å²) in [7, 11) is 1.96. The lowest BCUT2D eigenvalue weighted by Gasteiger charge is -2.29. The van der Waals surface area contributed by atoms with Crippen molar-refractivity contribution in [2.24, 2.45) is 5.92 Å². The number of benzene rings is 3. The van der Waals surface area contributed by atoms with Crippen LogP contribution in [0.5, 0.6) is 11.6 Å². The zero-order valence-electron chi connectivity index (χ0n) is 33.1. The van der Waals surface area contributed by atoms with Crippen molar-refractivity contribution in [3.63, 3.8) is 0 Å². The van der Waals surface area contributed by atoms with Crippen LogP contribution in [0.2, 0.25) is 0 Å². The second-order valence-corrected chi connectivity index (χ2v) is 15.8. The van der Waals surface area contributed by atoms with Crippen molar-refractivity contribution in [2.45, 2.75) is 58.2 Å². The van der Waals surface area contributed by atoms with E-state index in [-0.39, 0.29) is 48.4 Å². The van der Waals surface area contributed by atoms with Crippen LogP contribution in [0.1, 0.15) is 56.2 Å². The number of para-hydroxylation sites is 1. The number of aromatic hydroxyl groups is 1. The molecule has 1 aliphatic heterocycles. The number of nitrogens with one attached hydrogen (secondary N) is 1. The van der Waals surface area contributed by atoms with E-state index in [1.165, 1.54) is 4.90 Å². The Balaban J connectivity index is 0.940. The normalized spacial score (nSPS) is 16.3. The molecule has 14 heteroatoms. The Morgan fingerprint density at radius 2 is 1.76 bits per heavy atom. The number of amides is 2. The highest BCUT2D eigenvalue weighted by atomic mass is 32.1. The van der Waals surface area contributed by atoms with Crippen molar-refractivity contribution in [1.82, 2.24) is 30.6 Å². The number of phenolic OH excluding ortho intramolecular Hbond substituents is 1. The summed E-state index contributed by atoms with van der Waals surface area (Å²) in [5, 5.41) is 36.4. The van der Waals surface area contributed by atoms with Gasteiger partial charge in [-0.3, -0.25) is 9.59 Å². The Morgan fingerprint density at radius 3 is 2.47 bits per heavy atom. The van der Waals surface area contributed by atoms with Crippen LogP contribution in [0.15, 0.2) is 101 Å². The molecule has 1 fully saturated rings. The van der Waals surface area contributed by atoms with Gasteiger partial charge < -0.3 is 34.6 Å². The molecular weight excluding hydrogens is 755 g/mol. The number of β-amino-alcohol motifs (C(OH)–C–C–N with tert-alkyl or cyclic N) is 1. The van der Waals surface area contributed by atoms with Gasteiger partial charge in [0.2, 0.25) is 11.8 Å². The molecule has 13 nitrogen and oxygen atoms in total. The number of aromatic nitrogens is 4. The fourth-order valence-corrected chi connectivity index (χ4v) is 8.08. The molecule has 2 amide bonds. The minimum Gasteiger partial charge on any atom is -0.507 e. The van der Waals surface area contributed by atoms with E-state index in [4.69, 9.17) is 9.26 Å². The summed E-state index contributed by atoms with van der Waals surface area (Å²) in [4.78, 5) is 36.8. The molecule has 300 valence electrons. The predicted molar refractivity (Wildman–Crippen MR) is 222 cm³/mol. The van der Waals surface area contributed by atoms with Gasteiger partial charge in [0.1, 0.15) is 24.3 Å². The zero-order chi connectivity index (χ0) is 40.9. The van der Waals surface area contributed by atoms with Gasteiger partial charge in [0.15, 0.2) is 5.76 Å². The molecular formula is C44H47N7O6S. The van der Waals surface area contributed by atoms with Gasteiger partial charge in [0.25, 0.3) is 5.88 Å². The summed E-state index contributed by atoms with van der Waals surface area (Å²) in [6.45, 7) is 8.58. The number of hydrogen-bond acceptors (Lipinski definition) is 12. The fourth-order valence-electron chi connectivity index (χ4n) is 7.27. The lowest BCUT2D eigenvalue weighted by atomic mass is 9.91. The maximum Gasteiger partial charge on any atom is 0.254 e. The Labute approximate surface area is 341 Å². The van der Waals surface area contributed by atoms with Gasteiger partial charge in [-0.05, 0) is 71.9 Å². The number of thiazole rings is 1. The second kappa shape index (κ2) is 17.6. The molecule has 0 saturated carbocycles. The van der Waals surface area contributed by atoms with E-state index in [1.807, 2.05) is 106 Å². The summed E-state index contributed by atoms with van der Waals surface area (Å²) < 4.78 is 11.6. The predicted octanol–water partition coefficient (Wildman–Crippen LogP) is 7.03. The summed E-state index contributed by atoms with van der Waals surface area (Å²) in [5.74, 6) is -0.834. The smallest absolute Gasteiger partial charge is 0.254 e. The maximum absolute atomic E-state index is 14.1. The molecule has 4 heterocycles. The average Bonchev–Trinajstić information content (AvgIpc) is 3.98. The molecule has 1 aliphatic rings. The number of phenols is 1. The SMILES string of the molecule is Cc1ncsc1-c1ccc(C(C)NC(=O)[C@@H]2C[C@@H](O)CN2C(=O)C(c2cc(OCCN(C)c3ccc(-c4cnnc(-c5ccccc5O)c4)cc3)no2)C(C)C)cc1. The number of aryl methyl sites for hydroxylation is 1. The van der Waals surface area contributed by atoms with Gasteiger partial charge in [-0.15, -0.1) is 11.3 Å². The van der Waals surface area contributed by atoms with Crippen LogP contribution in [0.3, 0.4) is 0 Å². The highest BCUT2D eigenvalue weighted by Gasteiger charge is 2.43. The minimum atomic E-state index is -0.837. The Hall–Kier alpha value is -6.12. The quantitative estimate of drug-likeness (QED) is 0.104. The third kappa shape index (κ3) is 8.88. The maximum atomic E-state index is 14.1. The molecule has 1 saturated heterocycles. The number of anilines is 1. The molecule has 3 aromatic carbocycles. The standard InChI is InChI=1S/C44H47N7O6S/c1-26(2)41(44(55)51-24-34(52)21-37(51)43(54)47-27(3)29-10-12-31(13-11-29)42-28(4)45-25-58-42)39-22-40(49-57-39)56-19-18-50(5)33-16-14-30(15-17-33)32-20-36(48-46-23-32)35-8-6-7-9-38(35)53/h6-17,20,22-23,25-27,34,37,41,52-53H,18-19,21,24H2,1-5H3,(H,47,54)/t27?,34-,37+,41?/m1/s1. The Morgan fingerprint density at radius 1 is 1.02 bits per heavy atom. The highest BCUT2D eigenvalue weighted by Crippen LogP contribution is 2.34. The van der Waals surface area contributed by atoms with Crippen molar-refractivity contribution < 1.29 is 29.1 Å². The molecule has 0 spiro atoms. The van der Waals surface area contributed by atoms with E-state index in [0.717, 1.165) is 38.5 Å². The van der Waals surface area contributed by atoms with E-state index in [1.54, 1.807) is 41.8 Å². The van der Waals surface area contributed by atoms with Crippen LogP contribution in [0.25, 0.3) is 32.8 Å². The van der Waals surface area contributed by atoms with Gasteiger partial charge in [0, 0.05) is 42.9 Å². The first-order valence-corrected chi connectivity index (χ1v) is 20.2. The number of carbonyl (C=O) groups excluding carboxylic acids is 2. The number of ether oxygens (including phenoxy) is 1. The van der Waals surface area contributed by atoms with Gasteiger partial charge in [-0.2, -0.15) is 10.2 Å². The van der Waals surface area contributed by atoms with E-state index in [0.29, 0.717) is 30.2 Å². The molecule has 0 aliphatic carbocycles. The topological polar surface area (TPSA) is 167 Å². The molecule has 6 aromatic rings. The molecule has 4 atom stereocenters. The van der Waals surface area contributed by atoms with E-state index in [2.05, 4.69) is 25.7 Å². The van der Waals surface area contributed by atoms with E-state index < -0.39 is 18.1 Å². The number of rotatable bonds is 14. The van der Waals surface area contributed by atoms with Crippen LogP contribution in [0, 0.1) is 12.8 Å². The summed E-state index contributed by atoms with van der Waals surface area (Å²) in [6, 6.07) is 25.4. The van der Waals surface area contributed by atoms with Crippen molar-refractivity contribution in [3.8, 4) is 44.5 Å². The molecule has 3 N–H and O–H groups in total. The minimum absolute atomic E-state index is 0.0426. The van der Waals surface area contributed by atoms with Crippen LogP contribution >= 0.6 is 11.3 Å². The van der Waals surface area contributed by atoms with Gasteiger partial charge in [-0.25, -0.2) is 4.98 Å². The van der Waals surface area contributed by atoms with Crippen molar-refractivity contribution in [1.29, 1.82) is 0 Å². The molecule has 58 heavy (non-hydrogen) atoms. The summed E-state index contributed by atoms with van der Waals surface area (Å²) >= 11 is 1.59. The molecule has 2 unspecified atom stereocenters. The summed E-state index contributed by atoms with van der Waals surface area (Å²) in [5.41, 5.74) is 8.80. The third-order valence-corrected chi connectivity index (χ3v) is 11.5. The first-order chi connectivity index (χ1) is 28.0. The molecule has 7 rings (SSSR count). The summed E-state index contributed by atoms with van der Waals surface area (Å²) in [6.07, 6.45) is 1.00. The number of likely N-dealkylation sites (N-methyl/N-ethyl adjacent to an activating group) is 1.